The summed E-state index contributed by atoms with van der Waals surface area (Å²) in [5.41, 5.74) is -0.554. The summed E-state index contributed by atoms with van der Waals surface area (Å²) in [7, 11) is 3.00. The number of rotatable bonds is 4. The normalized spacial score (nSPS) is 15.8. The summed E-state index contributed by atoms with van der Waals surface area (Å²) < 4.78 is 5.05. The van der Waals surface area contributed by atoms with Crippen molar-refractivity contribution in [2.24, 2.45) is 0 Å². The lowest BCUT2D eigenvalue weighted by atomic mass is 10.2. The summed E-state index contributed by atoms with van der Waals surface area (Å²) in [5, 5.41) is 13.4. The molecule has 0 spiro atoms. The molecule has 0 aromatic rings. The number of hydroxylamine groups is 2. The molecule has 16 heavy (non-hydrogen) atoms. The van der Waals surface area contributed by atoms with E-state index < -0.39 is 24.0 Å². The van der Waals surface area contributed by atoms with Gasteiger partial charge < -0.3 is 15.2 Å². The van der Waals surface area contributed by atoms with Gasteiger partial charge in [-0.25, -0.2) is 4.79 Å². The quantitative estimate of drug-likeness (QED) is 0.554. The number of nitrogens with one attached hydrogen (secondary N) is 1. The largest absolute Gasteiger partial charge is 0.444 e. The minimum absolute atomic E-state index is 0.500. The Morgan fingerprint density at radius 1 is 1.44 bits per heavy atom. The van der Waals surface area contributed by atoms with Crippen LogP contribution in [0.15, 0.2) is 0 Å². The number of aliphatic hydroxyl groups is 1. The van der Waals surface area contributed by atoms with Gasteiger partial charge in [-0.3, -0.25) is 4.84 Å². The van der Waals surface area contributed by atoms with Crippen LogP contribution >= 0.6 is 0 Å². The minimum Gasteiger partial charge on any atom is -0.444 e. The zero-order valence-electron chi connectivity index (χ0n) is 10.8. The first-order valence-corrected chi connectivity index (χ1v) is 5.12. The Balaban J connectivity index is 4.14. The molecule has 0 saturated heterocycles. The van der Waals surface area contributed by atoms with E-state index in [9.17, 15) is 9.90 Å². The maximum absolute atomic E-state index is 11.4. The molecule has 0 aromatic carbocycles. The molecule has 0 heterocycles. The first-order valence-electron chi connectivity index (χ1n) is 5.12. The van der Waals surface area contributed by atoms with Gasteiger partial charge in [0.05, 0.1) is 13.2 Å². The number of amides is 1. The Bertz CT molecular complexity index is 227. The van der Waals surface area contributed by atoms with Crippen LogP contribution < -0.4 is 5.32 Å². The van der Waals surface area contributed by atoms with E-state index in [0.29, 0.717) is 0 Å². The lowest BCUT2D eigenvalue weighted by Gasteiger charge is -2.28. The van der Waals surface area contributed by atoms with E-state index in [4.69, 9.17) is 9.57 Å². The molecule has 0 saturated carbocycles. The van der Waals surface area contributed by atoms with Crippen molar-refractivity contribution < 1.29 is 19.5 Å². The van der Waals surface area contributed by atoms with Crippen molar-refractivity contribution in [2.75, 3.05) is 14.2 Å². The Kier molecular flexibility index (Phi) is 5.71. The van der Waals surface area contributed by atoms with Crippen molar-refractivity contribution >= 4 is 6.09 Å². The van der Waals surface area contributed by atoms with E-state index >= 15 is 0 Å². The summed E-state index contributed by atoms with van der Waals surface area (Å²) in [5.74, 6) is 0. The Morgan fingerprint density at radius 3 is 2.31 bits per heavy atom. The molecule has 6 nitrogen and oxygen atoms in total. The van der Waals surface area contributed by atoms with Gasteiger partial charge in [-0.05, 0) is 27.7 Å². The molecular formula is C10H22N2O4. The predicted molar refractivity (Wildman–Crippen MR) is 59.6 cm³/mol. The fourth-order valence-electron chi connectivity index (χ4n) is 0.991. The first kappa shape index (κ1) is 15.2. The molecule has 1 unspecified atom stereocenters. The van der Waals surface area contributed by atoms with Crippen LogP contribution in [0.1, 0.15) is 27.7 Å². The third kappa shape index (κ3) is 5.89. The SMILES string of the molecule is CON(C)C(O)[C@@H](C)NC(=O)OC(C)(C)C. The minimum atomic E-state index is -0.933. The second-order valence-electron chi connectivity index (χ2n) is 4.58. The van der Waals surface area contributed by atoms with E-state index in [1.54, 1.807) is 34.7 Å². The molecular weight excluding hydrogens is 212 g/mol. The number of aliphatic hydroxyl groups excluding tert-OH is 1. The summed E-state index contributed by atoms with van der Waals surface area (Å²) in [6.07, 6.45) is -1.50. The van der Waals surface area contributed by atoms with Gasteiger partial charge in [0, 0.05) is 7.05 Å². The number of hydrogen-bond donors (Lipinski definition) is 2. The van der Waals surface area contributed by atoms with E-state index in [-0.39, 0.29) is 0 Å². The fourth-order valence-corrected chi connectivity index (χ4v) is 0.991. The van der Waals surface area contributed by atoms with Crippen LogP contribution in [0.3, 0.4) is 0 Å². The average Bonchev–Trinajstić information content (AvgIpc) is 2.12. The van der Waals surface area contributed by atoms with Crippen LogP contribution in [-0.4, -0.2) is 48.3 Å². The molecule has 2 atom stereocenters. The number of ether oxygens (including phenoxy) is 1. The average molecular weight is 234 g/mol. The second-order valence-corrected chi connectivity index (χ2v) is 4.58. The number of nitrogens with zero attached hydrogens (tertiary/aromatic N) is 1. The van der Waals surface area contributed by atoms with E-state index in [2.05, 4.69) is 5.32 Å². The summed E-state index contributed by atoms with van der Waals surface area (Å²) in [6, 6.07) is -0.500. The van der Waals surface area contributed by atoms with Crippen molar-refractivity contribution in [3.8, 4) is 0 Å². The van der Waals surface area contributed by atoms with Gasteiger partial charge >= 0.3 is 6.09 Å². The zero-order valence-corrected chi connectivity index (χ0v) is 10.8. The molecule has 0 radical (unpaired) electrons. The second kappa shape index (κ2) is 6.03. The lowest BCUT2D eigenvalue weighted by molar-refractivity contribution is -0.210. The van der Waals surface area contributed by atoms with Crippen LogP contribution in [0.5, 0.6) is 0 Å². The standard InChI is InChI=1S/C10H22N2O4/c1-7(8(13)12(5)15-6)11-9(14)16-10(2,3)4/h7-8,13H,1-6H3,(H,11,14)/t7-,8?/m1/s1. The highest BCUT2D eigenvalue weighted by atomic mass is 16.7. The Morgan fingerprint density at radius 2 is 1.94 bits per heavy atom. The van der Waals surface area contributed by atoms with E-state index in [0.717, 1.165) is 0 Å². The molecule has 0 fully saturated rings. The first-order chi connectivity index (χ1) is 7.17. The van der Waals surface area contributed by atoms with E-state index in [1.165, 1.54) is 12.2 Å². The summed E-state index contributed by atoms with van der Waals surface area (Å²) in [4.78, 5) is 16.2. The number of hydrogen-bond acceptors (Lipinski definition) is 5. The number of likely N-dealkylation sites (N-methyl/N-ethyl adjacent to an activating group) is 1. The topological polar surface area (TPSA) is 71.0 Å². The summed E-state index contributed by atoms with van der Waals surface area (Å²) >= 11 is 0. The van der Waals surface area contributed by atoms with Crippen LogP contribution in [0.2, 0.25) is 0 Å². The van der Waals surface area contributed by atoms with Gasteiger partial charge in [-0.1, -0.05) is 0 Å². The molecule has 2 N–H and O–H groups in total. The molecule has 0 rings (SSSR count). The molecule has 1 amide bonds. The van der Waals surface area contributed by atoms with Crippen LogP contribution in [0, 0.1) is 0 Å². The molecule has 0 aliphatic carbocycles. The molecule has 0 bridgehead atoms. The van der Waals surface area contributed by atoms with Gasteiger partial charge in [0.15, 0.2) is 0 Å². The lowest BCUT2D eigenvalue weighted by Crippen LogP contribution is -2.49. The van der Waals surface area contributed by atoms with Crippen molar-refractivity contribution in [1.29, 1.82) is 0 Å². The van der Waals surface area contributed by atoms with Crippen LogP contribution in [-0.2, 0) is 9.57 Å². The maximum Gasteiger partial charge on any atom is 0.408 e. The molecule has 0 aliphatic heterocycles. The molecule has 0 aromatic heterocycles. The Hall–Kier alpha value is -0.850. The van der Waals surface area contributed by atoms with Crippen molar-refractivity contribution in [3.05, 3.63) is 0 Å². The number of carbonyl (C=O) groups excluding carboxylic acids is 1. The highest BCUT2D eigenvalue weighted by molar-refractivity contribution is 5.68. The van der Waals surface area contributed by atoms with Gasteiger partial charge in [0.2, 0.25) is 0 Å². The van der Waals surface area contributed by atoms with Gasteiger partial charge in [-0.2, -0.15) is 5.06 Å². The highest BCUT2D eigenvalue weighted by Crippen LogP contribution is 2.07. The van der Waals surface area contributed by atoms with Gasteiger partial charge in [0.25, 0.3) is 0 Å². The molecule has 6 heteroatoms. The van der Waals surface area contributed by atoms with Crippen molar-refractivity contribution in [3.63, 3.8) is 0 Å². The van der Waals surface area contributed by atoms with Gasteiger partial charge in [-0.15, -0.1) is 0 Å². The number of carbonyl (C=O) groups is 1. The zero-order chi connectivity index (χ0) is 12.9. The van der Waals surface area contributed by atoms with Crippen molar-refractivity contribution in [2.45, 2.75) is 45.6 Å². The monoisotopic (exact) mass is 234 g/mol. The van der Waals surface area contributed by atoms with Crippen LogP contribution in [0.4, 0.5) is 4.79 Å². The Labute approximate surface area is 96.5 Å². The predicted octanol–water partition coefficient (Wildman–Crippen LogP) is 0.711. The summed E-state index contributed by atoms with van der Waals surface area (Å²) in [6.45, 7) is 6.98. The van der Waals surface area contributed by atoms with Crippen molar-refractivity contribution in [1.82, 2.24) is 10.4 Å². The third-order valence-electron chi connectivity index (χ3n) is 1.85. The van der Waals surface area contributed by atoms with Gasteiger partial charge in [0.1, 0.15) is 11.8 Å². The highest BCUT2D eigenvalue weighted by Gasteiger charge is 2.23. The third-order valence-corrected chi connectivity index (χ3v) is 1.85. The van der Waals surface area contributed by atoms with Crippen LogP contribution in [0.25, 0.3) is 0 Å². The molecule has 0 aliphatic rings. The smallest absolute Gasteiger partial charge is 0.408 e. The number of alkyl carbamates (subject to hydrolysis) is 1. The van der Waals surface area contributed by atoms with E-state index in [1.807, 2.05) is 0 Å². The molecule has 96 valence electrons. The maximum atomic E-state index is 11.4. The fraction of sp³-hybridized carbons (Fsp3) is 0.900.